The smallest absolute Gasteiger partial charge is 0.281 e. The molecule has 6 nitrogen and oxygen atoms in total. The Morgan fingerprint density at radius 2 is 1.85 bits per heavy atom. The van der Waals surface area contributed by atoms with Gasteiger partial charge in [0.1, 0.15) is 29.0 Å². The Bertz CT molecular complexity index is 948. The Morgan fingerprint density at radius 3 is 2.52 bits per heavy atom. The molecule has 1 unspecified atom stereocenters. The van der Waals surface area contributed by atoms with Gasteiger partial charge in [-0.05, 0) is 68.3 Å². The number of rotatable bonds is 5. The number of carbonyl (C=O) groups is 1. The number of para-hydroxylation sites is 1. The molecule has 0 aliphatic carbocycles. The zero-order chi connectivity index (χ0) is 18.8. The third kappa shape index (κ3) is 3.72. The minimum atomic E-state index is -0.334. The van der Waals surface area contributed by atoms with Crippen LogP contribution in [-0.2, 0) is 4.79 Å². The van der Waals surface area contributed by atoms with Crippen molar-refractivity contribution >= 4 is 43.5 Å². The standard InChI is InChI=1S/C19H14Br2N2O4/c20-12-4-1-5-13(21)19(12)27-11-18(24)23-15(17-7-3-9-26-17)10-14(22-23)16-6-2-8-25-16/h1-9,15H,10-11H2. The molecule has 0 N–H and O–H groups in total. The van der Waals surface area contributed by atoms with Gasteiger partial charge in [0, 0.05) is 6.42 Å². The zero-order valence-electron chi connectivity index (χ0n) is 14.0. The Balaban J connectivity index is 1.55. The van der Waals surface area contributed by atoms with Crippen LogP contribution in [0.5, 0.6) is 5.75 Å². The van der Waals surface area contributed by atoms with Crippen LogP contribution in [0.15, 0.2) is 77.9 Å². The second-order valence-corrected chi connectivity index (χ2v) is 7.55. The minimum absolute atomic E-state index is 0.159. The number of hydrazone groups is 1. The van der Waals surface area contributed by atoms with Crippen molar-refractivity contribution in [2.75, 3.05) is 6.61 Å². The molecule has 3 aromatic rings. The van der Waals surface area contributed by atoms with Crippen LogP contribution in [0.25, 0.3) is 0 Å². The van der Waals surface area contributed by atoms with E-state index in [1.165, 1.54) is 5.01 Å². The molecule has 0 saturated heterocycles. The van der Waals surface area contributed by atoms with E-state index in [1.807, 2.05) is 30.3 Å². The van der Waals surface area contributed by atoms with E-state index >= 15 is 0 Å². The van der Waals surface area contributed by atoms with Crippen LogP contribution in [-0.4, -0.2) is 23.2 Å². The van der Waals surface area contributed by atoms with E-state index in [0.717, 1.165) is 8.95 Å². The lowest BCUT2D eigenvalue weighted by atomic mass is 10.1. The van der Waals surface area contributed by atoms with Crippen molar-refractivity contribution in [3.63, 3.8) is 0 Å². The van der Waals surface area contributed by atoms with E-state index in [1.54, 1.807) is 24.7 Å². The number of hydrogen-bond donors (Lipinski definition) is 0. The van der Waals surface area contributed by atoms with Gasteiger partial charge >= 0.3 is 0 Å². The molecule has 1 aliphatic rings. The summed E-state index contributed by atoms with van der Waals surface area (Å²) in [7, 11) is 0. The van der Waals surface area contributed by atoms with Gasteiger partial charge < -0.3 is 13.6 Å². The molecule has 0 radical (unpaired) electrons. The summed E-state index contributed by atoms with van der Waals surface area (Å²) in [4.78, 5) is 12.9. The second-order valence-electron chi connectivity index (χ2n) is 5.84. The fourth-order valence-electron chi connectivity index (χ4n) is 2.85. The van der Waals surface area contributed by atoms with Gasteiger partial charge in [-0.1, -0.05) is 6.07 Å². The van der Waals surface area contributed by atoms with Gasteiger partial charge in [0.2, 0.25) is 0 Å². The summed E-state index contributed by atoms with van der Waals surface area (Å²) >= 11 is 6.85. The van der Waals surface area contributed by atoms with Gasteiger partial charge in [0.15, 0.2) is 6.61 Å². The maximum absolute atomic E-state index is 12.9. The monoisotopic (exact) mass is 492 g/mol. The van der Waals surface area contributed by atoms with E-state index in [4.69, 9.17) is 13.6 Å². The van der Waals surface area contributed by atoms with E-state index in [0.29, 0.717) is 29.4 Å². The summed E-state index contributed by atoms with van der Waals surface area (Å²) in [6.07, 6.45) is 3.67. The van der Waals surface area contributed by atoms with Crippen molar-refractivity contribution in [3.05, 3.63) is 75.5 Å². The largest absolute Gasteiger partial charge is 0.481 e. The van der Waals surface area contributed by atoms with Gasteiger partial charge in [0.05, 0.1) is 21.5 Å². The van der Waals surface area contributed by atoms with Crippen LogP contribution in [0, 0.1) is 0 Å². The quantitative estimate of drug-likeness (QED) is 0.492. The molecular formula is C19H14Br2N2O4. The maximum atomic E-state index is 12.9. The first-order valence-electron chi connectivity index (χ1n) is 8.17. The first-order valence-corrected chi connectivity index (χ1v) is 9.75. The fourth-order valence-corrected chi connectivity index (χ4v) is 4.08. The predicted octanol–water partition coefficient (Wildman–Crippen LogP) is 5.15. The molecule has 1 aromatic carbocycles. The molecule has 138 valence electrons. The number of ether oxygens (including phenoxy) is 1. The SMILES string of the molecule is O=C(COc1c(Br)cccc1Br)N1N=C(c2ccco2)CC1c1ccco1. The molecule has 1 aliphatic heterocycles. The van der Waals surface area contributed by atoms with Gasteiger partial charge in [-0.3, -0.25) is 4.79 Å². The van der Waals surface area contributed by atoms with Crippen LogP contribution in [0.3, 0.4) is 0 Å². The number of halogens is 2. The number of benzene rings is 1. The van der Waals surface area contributed by atoms with E-state index in [2.05, 4.69) is 37.0 Å². The molecule has 27 heavy (non-hydrogen) atoms. The molecule has 3 heterocycles. The van der Waals surface area contributed by atoms with Crippen molar-refractivity contribution in [2.24, 2.45) is 5.10 Å². The van der Waals surface area contributed by atoms with Gasteiger partial charge in [-0.15, -0.1) is 0 Å². The third-order valence-electron chi connectivity index (χ3n) is 4.10. The van der Waals surface area contributed by atoms with E-state index in [-0.39, 0.29) is 18.6 Å². The summed E-state index contributed by atoms with van der Waals surface area (Å²) in [6.45, 7) is -0.159. The second kappa shape index (κ2) is 7.74. The summed E-state index contributed by atoms with van der Waals surface area (Å²) in [5.41, 5.74) is 0.692. The Labute approximate surface area is 172 Å². The third-order valence-corrected chi connectivity index (χ3v) is 5.35. The summed E-state index contributed by atoms with van der Waals surface area (Å²) in [5.74, 6) is 1.59. The van der Waals surface area contributed by atoms with Crippen LogP contribution >= 0.6 is 31.9 Å². The molecule has 1 atom stereocenters. The predicted molar refractivity (Wildman–Crippen MR) is 105 cm³/mol. The van der Waals surface area contributed by atoms with Crippen LogP contribution in [0.1, 0.15) is 24.0 Å². The molecule has 0 fully saturated rings. The Kier molecular flexibility index (Phi) is 5.18. The van der Waals surface area contributed by atoms with E-state index in [9.17, 15) is 4.79 Å². The lowest BCUT2D eigenvalue weighted by Gasteiger charge is -2.20. The highest BCUT2D eigenvalue weighted by molar-refractivity contribution is 9.11. The molecule has 1 amide bonds. The fraction of sp³-hybridized carbons (Fsp3) is 0.158. The molecule has 0 spiro atoms. The lowest BCUT2D eigenvalue weighted by Crippen LogP contribution is -2.31. The zero-order valence-corrected chi connectivity index (χ0v) is 17.1. The first kappa shape index (κ1) is 18.1. The van der Waals surface area contributed by atoms with Gasteiger partial charge in [-0.2, -0.15) is 5.10 Å². The molecule has 8 heteroatoms. The number of carbonyl (C=O) groups excluding carboxylic acids is 1. The minimum Gasteiger partial charge on any atom is -0.481 e. The number of furan rings is 2. The van der Waals surface area contributed by atoms with Crippen molar-refractivity contribution in [1.29, 1.82) is 0 Å². The molecule has 0 saturated carbocycles. The topological polar surface area (TPSA) is 68.2 Å². The summed E-state index contributed by atoms with van der Waals surface area (Å²) in [5, 5.41) is 5.87. The average Bonchev–Trinajstić information content (AvgIpc) is 3.40. The van der Waals surface area contributed by atoms with Crippen molar-refractivity contribution in [1.82, 2.24) is 5.01 Å². The van der Waals surface area contributed by atoms with Crippen molar-refractivity contribution in [3.8, 4) is 5.75 Å². The molecule has 2 aromatic heterocycles. The Hall–Kier alpha value is -2.32. The van der Waals surface area contributed by atoms with Crippen molar-refractivity contribution < 1.29 is 18.4 Å². The molecule has 0 bridgehead atoms. The number of hydrogen-bond acceptors (Lipinski definition) is 5. The van der Waals surface area contributed by atoms with Crippen LogP contribution < -0.4 is 4.74 Å². The number of amides is 1. The van der Waals surface area contributed by atoms with E-state index < -0.39 is 0 Å². The molecular weight excluding hydrogens is 480 g/mol. The van der Waals surface area contributed by atoms with Crippen molar-refractivity contribution in [2.45, 2.75) is 12.5 Å². The van der Waals surface area contributed by atoms with Gasteiger partial charge in [0.25, 0.3) is 5.91 Å². The molecule has 4 rings (SSSR count). The first-order chi connectivity index (χ1) is 13.1. The summed E-state index contributed by atoms with van der Waals surface area (Å²) in [6, 6.07) is 12.5. The average molecular weight is 494 g/mol. The highest BCUT2D eigenvalue weighted by Gasteiger charge is 2.36. The Morgan fingerprint density at radius 1 is 1.11 bits per heavy atom. The van der Waals surface area contributed by atoms with Crippen LogP contribution in [0.4, 0.5) is 0 Å². The summed E-state index contributed by atoms with van der Waals surface area (Å²) < 4.78 is 18.2. The van der Waals surface area contributed by atoms with Crippen LogP contribution in [0.2, 0.25) is 0 Å². The lowest BCUT2D eigenvalue weighted by molar-refractivity contribution is -0.135. The highest BCUT2D eigenvalue weighted by Crippen LogP contribution is 2.35. The normalized spacial score (nSPS) is 16.4. The maximum Gasteiger partial charge on any atom is 0.281 e. The number of nitrogens with zero attached hydrogens (tertiary/aromatic N) is 2. The van der Waals surface area contributed by atoms with Gasteiger partial charge in [-0.25, -0.2) is 5.01 Å². The highest BCUT2D eigenvalue weighted by atomic mass is 79.9.